The van der Waals surface area contributed by atoms with Crippen molar-refractivity contribution in [2.75, 3.05) is 13.2 Å². The van der Waals surface area contributed by atoms with Gasteiger partial charge in [-0.15, -0.1) is 0 Å². The topological polar surface area (TPSA) is 52.6 Å². The van der Waals surface area contributed by atoms with Gasteiger partial charge in [-0.25, -0.2) is 0 Å². The van der Waals surface area contributed by atoms with E-state index in [1.54, 1.807) is 0 Å². The molecular weight excluding hydrogens is 508 g/mol. The predicted octanol–water partition coefficient (Wildman–Crippen LogP) is 11.9. The molecule has 4 nitrogen and oxygen atoms in total. The van der Waals surface area contributed by atoms with E-state index in [0.717, 1.165) is 37.5 Å². The van der Waals surface area contributed by atoms with Crippen LogP contribution in [0, 0.1) is 11.8 Å². The zero-order valence-corrected chi connectivity index (χ0v) is 28.3. The van der Waals surface area contributed by atoms with Gasteiger partial charge in [0.15, 0.2) is 0 Å². The zero-order chi connectivity index (χ0) is 30.2. The van der Waals surface area contributed by atoms with E-state index in [0.29, 0.717) is 32.5 Å². The second-order valence-corrected chi connectivity index (χ2v) is 13.4. The van der Waals surface area contributed by atoms with E-state index in [1.165, 1.54) is 128 Å². The first-order chi connectivity index (χ1) is 19.9. The van der Waals surface area contributed by atoms with Crippen molar-refractivity contribution in [2.45, 2.75) is 201 Å². The van der Waals surface area contributed by atoms with Crippen molar-refractivity contribution < 1.29 is 19.1 Å². The van der Waals surface area contributed by atoms with E-state index in [2.05, 4.69) is 27.7 Å². The fraction of sp³-hybridized carbons (Fsp3) is 0.946. The summed E-state index contributed by atoms with van der Waals surface area (Å²) >= 11 is 0. The average molecular weight is 581 g/mol. The number of unbranched alkanes of at least 4 members (excludes halogenated alkanes) is 20. The first kappa shape index (κ1) is 39.9. The van der Waals surface area contributed by atoms with Gasteiger partial charge >= 0.3 is 11.9 Å². The van der Waals surface area contributed by atoms with Gasteiger partial charge in [-0.1, -0.05) is 169 Å². The number of carbonyl (C=O) groups excluding carboxylic acids is 2. The Morgan fingerprint density at radius 3 is 0.878 bits per heavy atom. The molecule has 0 aliphatic rings. The zero-order valence-electron chi connectivity index (χ0n) is 28.3. The number of ether oxygens (including phenoxy) is 2. The molecule has 244 valence electrons. The fourth-order valence-electron chi connectivity index (χ4n) is 5.38. The summed E-state index contributed by atoms with van der Waals surface area (Å²) in [5, 5.41) is 0. The average Bonchev–Trinajstić information content (AvgIpc) is 2.93. The third-order valence-electron chi connectivity index (χ3n) is 8.14. The highest BCUT2D eigenvalue weighted by Gasteiger charge is 2.07. The summed E-state index contributed by atoms with van der Waals surface area (Å²) in [5.41, 5.74) is 0. The maximum atomic E-state index is 11.9. The van der Waals surface area contributed by atoms with Crippen molar-refractivity contribution in [2.24, 2.45) is 11.8 Å². The Balaban J connectivity index is 3.28. The van der Waals surface area contributed by atoms with Crippen LogP contribution in [-0.4, -0.2) is 25.2 Å². The standard InChI is InChI=1S/C37H72O4/c1-34(2)28-23-19-15-11-7-5-9-13-17-21-25-32-40-36(38)30-27-31-37(39)41-33-26-22-18-14-10-6-8-12-16-20-24-29-35(3)4/h34-35H,5-33H2,1-4H3. The molecular formula is C37H72O4. The lowest BCUT2D eigenvalue weighted by atomic mass is 10.0. The molecule has 0 spiro atoms. The molecule has 0 aromatic rings. The van der Waals surface area contributed by atoms with Crippen LogP contribution in [0.2, 0.25) is 0 Å². The van der Waals surface area contributed by atoms with Crippen LogP contribution in [0.4, 0.5) is 0 Å². The Morgan fingerprint density at radius 1 is 0.366 bits per heavy atom. The molecule has 0 N–H and O–H groups in total. The van der Waals surface area contributed by atoms with Gasteiger partial charge in [0.1, 0.15) is 0 Å². The molecule has 0 saturated carbocycles. The number of hydrogen-bond donors (Lipinski definition) is 0. The molecule has 0 heterocycles. The maximum Gasteiger partial charge on any atom is 0.305 e. The molecule has 0 radical (unpaired) electrons. The van der Waals surface area contributed by atoms with Gasteiger partial charge in [0.25, 0.3) is 0 Å². The van der Waals surface area contributed by atoms with Crippen molar-refractivity contribution in [1.82, 2.24) is 0 Å². The molecule has 0 aliphatic carbocycles. The predicted molar refractivity (Wildman–Crippen MR) is 176 cm³/mol. The number of hydrogen-bond acceptors (Lipinski definition) is 4. The Bertz CT molecular complexity index is 509. The SMILES string of the molecule is CC(C)CCCCCCCCCCCCCOC(=O)CCCC(=O)OCCCCCCCCCCCCCC(C)C. The largest absolute Gasteiger partial charge is 0.466 e. The number of rotatable bonds is 32. The Labute approximate surface area is 256 Å². The van der Waals surface area contributed by atoms with Crippen molar-refractivity contribution in [3.8, 4) is 0 Å². The van der Waals surface area contributed by atoms with Gasteiger partial charge < -0.3 is 9.47 Å². The van der Waals surface area contributed by atoms with Crippen LogP contribution in [0.15, 0.2) is 0 Å². The third kappa shape index (κ3) is 35.0. The van der Waals surface area contributed by atoms with Crippen LogP contribution in [0.1, 0.15) is 201 Å². The summed E-state index contributed by atoms with van der Waals surface area (Å²) in [7, 11) is 0. The van der Waals surface area contributed by atoms with Crippen molar-refractivity contribution in [3.05, 3.63) is 0 Å². The van der Waals surface area contributed by atoms with Gasteiger partial charge in [-0.2, -0.15) is 0 Å². The van der Waals surface area contributed by atoms with E-state index in [1.807, 2.05) is 0 Å². The second-order valence-electron chi connectivity index (χ2n) is 13.4. The van der Waals surface area contributed by atoms with Crippen molar-refractivity contribution in [3.63, 3.8) is 0 Å². The fourth-order valence-corrected chi connectivity index (χ4v) is 5.38. The Morgan fingerprint density at radius 2 is 0.610 bits per heavy atom. The third-order valence-corrected chi connectivity index (χ3v) is 8.14. The summed E-state index contributed by atoms with van der Waals surface area (Å²) in [6, 6.07) is 0. The summed E-state index contributed by atoms with van der Waals surface area (Å²) in [4.78, 5) is 23.8. The molecule has 0 atom stereocenters. The van der Waals surface area contributed by atoms with Crippen molar-refractivity contribution in [1.29, 1.82) is 0 Å². The first-order valence-electron chi connectivity index (χ1n) is 18.2. The minimum Gasteiger partial charge on any atom is -0.466 e. The lowest BCUT2D eigenvalue weighted by Gasteiger charge is -2.07. The summed E-state index contributed by atoms with van der Waals surface area (Å²) in [5.74, 6) is 1.33. The molecule has 0 bridgehead atoms. The molecule has 0 rings (SSSR count). The van der Waals surface area contributed by atoms with Gasteiger partial charge in [-0.3, -0.25) is 9.59 Å². The molecule has 41 heavy (non-hydrogen) atoms. The normalized spacial score (nSPS) is 11.5. The van der Waals surface area contributed by atoms with Gasteiger partial charge in [0.05, 0.1) is 13.2 Å². The van der Waals surface area contributed by atoms with E-state index >= 15 is 0 Å². The van der Waals surface area contributed by atoms with Gasteiger partial charge in [0.2, 0.25) is 0 Å². The van der Waals surface area contributed by atoms with Crippen LogP contribution >= 0.6 is 0 Å². The van der Waals surface area contributed by atoms with E-state index in [9.17, 15) is 9.59 Å². The summed E-state index contributed by atoms with van der Waals surface area (Å²) < 4.78 is 10.7. The van der Waals surface area contributed by atoms with Crippen LogP contribution < -0.4 is 0 Å². The Hall–Kier alpha value is -1.06. The van der Waals surface area contributed by atoms with E-state index < -0.39 is 0 Å². The summed E-state index contributed by atoms with van der Waals surface area (Å²) in [6.07, 6.45) is 32.5. The molecule has 0 fully saturated rings. The molecule has 0 aromatic carbocycles. The summed E-state index contributed by atoms with van der Waals surface area (Å²) in [6.45, 7) is 10.3. The molecule has 0 aromatic heterocycles. The van der Waals surface area contributed by atoms with Crippen LogP contribution in [0.3, 0.4) is 0 Å². The van der Waals surface area contributed by atoms with Crippen LogP contribution in [0.5, 0.6) is 0 Å². The molecule has 0 amide bonds. The highest BCUT2D eigenvalue weighted by Crippen LogP contribution is 2.15. The second kappa shape index (κ2) is 31.9. The van der Waals surface area contributed by atoms with Crippen molar-refractivity contribution >= 4 is 11.9 Å². The Kier molecular flexibility index (Phi) is 31.0. The first-order valence-corrected chi connectivity index (χ1v) is 18.2. The lowest BCUT2D eigenvalue weighted by Crippen LogP contribution is -2.09. The quantitative estimate of drug-likeness (QED) is 0.0586. The minimum absolute atomic E-state index is 0.183. The van der Waals surface area contributed by atoms with Crippen LogP contribution in [0.25, 0.3) is 0 Å². The molecule has 4 heteroatoms. The number of carbonyl (C=O) groups is 2. The van der Waals surface area contributed by atoms with Gasteiger partial charge in [-0.05, 0) is 31.1 Å². The molecule has 0 saturated heterocycles. The highest BCUT2D eigenvalue weighted by atomic mass is 16.5. The van der Waals surface area contributed by atoms with E-state index in [4.69, 9.17) is 9.47 Å². The maximum absolute atomic E-state index is 11.9. The lowest BCUT2D eigenvalue weighted by molar-refractivity contribution is -0.145. The minimum atomic E-state index is -0.183. The molecule has 0 unspecified atom stereocenters. The molecule has 0 aliphatic heterocycles. The van der Waals surface area contributed by atoms with E-state index in [-0.39, 0.29) is 11.9 Å². The smallest absolute Gasteiger partial charge is 0.305 e. The van der Waals surface area contributed by atoms with Crippen LogP contribution in [-0.2, 0) is 19.1 Å². The highest BCUT2D eigenvalue weighted by molar-refractivity contribution is 5.72. The van der Waals surface area contributed by atoms with Gasteiger partial charge in [0, 0.05) is 12.8 Å². The number of esters is 2. The monoisotopic (exact) mass is 581 g/mol.